The van der Waals surface area contributed by atoms with Crippen LogP contribution in [0.2, 0.25) is 0 Å². The van der Waals surface area contributed by atoms with Crippen molar-refractivity contribution in [1.29, 1.82) is 0 Å². The third kappa shape index (κ3) is 1.51. The Morgan fingerprint density at radius 1 is 1.38 bits per heavy atom. The molecule has 0 radical (unpaired) electrons. The summed E-state index contributed by atoms with van der Waals surface area (Å²) in [6.45, 7) is 4.27. The smallest absolute Gasteiger partial charge is 0.144 e. The summed E-state index contributed by atoms with van der Waals surface area (Å²) in [6, 6.07) is 6.55. The maximum atomic E-state index is 5.79. The van der Waals surface area contributed by atoms with Gasteiger partial charge in [0.25, 0.3) is 0 Å². The first-order chi connectivity index (χ1) is 7.74. The van der Waals surface area contributed by atoms with Gasteiger partial charge in [0.2, 0.25) is 0 Å². The highest BCUT2D eigenvalue weighted by Crippen LogP contribution is 2.39. The van der Waals surface area contributed by atoms with E-state index in [0.717, 1.165) is 30.5 Å². The highest BCUT2D eigenvalue weighted by Gasteiger charge is 2.31. The molecule has 2 aliphatic heterocycles. The molecule has 3 nitrogen and oxygen atoms in total. The highest BCUT2D eigenvalue weighted by molar-refractivity contribution is 5.65. The van der Waals surface area contributed by atoms with Crippen molar-refractivity contribution in [3.63, 3.8) is 0 Å². The molecule has 2 atom stereocenters. The molecular weight excluding hydrogens is 200 g/mol. The van der Waals surface area contributed by atoms with Crippen LogP contribution >= 0.6 is 0 Å². The van der Waals surface area contributed by atoms with Crippen LogP contribution in [0.15, 0.2) is 18.2 Å². The minimum Gasteiger partial charge on any atom is -0.489 e. The van der Waals surface area contributed by atoms with E-state index in [1.165, 1.54) is 18.5 Å². The molecule has 2 heterocycles. The molecule has 16 heavy (non-hydrogen) atoms. The van der Waals surface area contributed by atoms with E-state index < -0.39 is 0 Å². The van der Waals surface area contributed by atoms with Gasteiger partial charge < -0.3 is 15.4 Å². The molecule has 0 aromatic heterocycles. The van der Waals surface area contributed by atoms with Crippen molar-refractivity contribution in [2.45, 2.75) is 25.8 Å². The number of benzene rings is 1. The van der Waals surface area contributed by atoms with E-state index in [9.17, 15) is 0 Å². The third-order valence-corrected chi connectivity index (χ3v) is 3.67. The van der Waals surface area contributed by atoms with Crippen molar-refractivity contribution in [3.05, 3.63) is 18.2 Å². The Morgan fingerprint density at radius 3 is 3.12 bits per heavy atom. The summed E-state index contributed by atoms with van der Waals surface area (Å²) in [5.41, 5.74) is 7.78. The van der Waals surface area contributed by atoms with Gasteiger partial charge in [0.1, 0.15) is 12.4 Å². The number of hydrogen-bond donors (Lipinski definition) is 1. The summed E-state index contributed by atoms with van der Waals surface area (Å²) in [7, 11) is 0. The molecule has 1 aromatic carbocycles. The Kier molecular flexibility index (Phi) is 2.20. The summed E-state index contributed by atoms with van der Waals surface area (Å²) < 4.78 is 5.79. The van der Waals surface area contributed by atoms with Crippen molar-refractivity contribution < 1.29 is 4.74 Å². The van der Waals surface area contributed by atoms with Crippen LogP contribution in [0.25, 0.3) is 0 Å². The van der Waals surface area contributed by atoms with E-state index in [4.69, 9.17) is 10.5 Å². The Morgan fingerprint density at radius 2 is 2.25 bits per heavy atom. The van der Waals surface area contributed by atoms with Crippen LogP contribution in [0.5, 0.6) is 5.75 Å². The third-order valence-electron chi connectivity index (χ3n) is 3.67. The number of nitrogen functional groups attached to an aromatic ring is 1. The number of anilines is 2. The number of nitrogens with two attached hydrogens (primary N) is 1. The molecule has 0 saturated carbocycles. The summed E-state index contributed by atoms with van der Waals surface area (Å²) in [5.74, 6) is 1.73. The normalized spacial score (nSPS) is 27.9. The number of fused-ring (bicyclic) bond motifs is 3. The summed E-state index contributed by atoms with van der Waals surface area (Å²) in [5, 5.41) is 0. The Balaban J connectivity index is 1.97. The topological polar surface area (TPSA) is 38.5 Å². The Bertz CT molecular complexity index is 405. The van der Waals surface area contributed by atoms with Crippen LogP contribution in [-0.4, -0.2) is 19.2 Å². The van der Waals surface area contributed by atoms with Crippen molar-refractivity contribution in [2.24, 2.45) is 5.92 Å². The number of nitrogens with zero attached hydrogens (tertiary/aromatic N) is 1. The molecule has 3 rings (SSSR count). The van der Waals surface area contributed by atoms with Crippen LogP contribution < -0.4 is 15.4 Å². The van der Waals surface area contributed by atoms with Gasteiger partial charge in [-0.3, -0.25) is 0 Å². The first-order valence-corrected chi connectivity index (χ1v) is 6.03. The quantitative estimate of drug-likeness (QED) is 0.679. The van der Waals surface area contributed by atoms with E-state index in [-0.39, 0.29) is 0 Å². The molecule has 2 N–H and O–H groups in total. The SMILES string of the molecule is CC1CCC2COc3cc(N)ccc3N2C1. The molecular formula is C13H18N2O. The highest BCUT2D eigenvalue weighted by atomic mass is 16.5. The molecule has 0 bridgehead atoms. The summed E-state index contributed by atoms with van der Waals surface area (Å²) >= 11 is 0. The predicted molar refractivity (Wildman–Crippen MR) is 65.9 cm³/mol. The van der Waals surface area contributed by atoms with E-state index in [2.05, 4.69) is 17.9 Å². The first-order valence-electron chi connectivity index (χ1n) is 6.03. The number of piperidine rings is 1. The first kappa shape index (κ1) is 9.82. The average molecular weight is 218 g/mol. The second kappa shape index (κ2) is 3.58. The Hall–Kier alpha value is -1.38. The molecule has 86 valence electrons. The lowest BCUT2D eigenvalue weighted by Crippen LogP contribution is -2.48. The largest absolute Gasteiger partial charge is 0.489 e. The van der Waals surface area contributed by atoms with E-state index in [1.807, 2.05) is 12.1 Å². The molecule has 0 amide bonds. The second-order valence-corrected chi connectivity index (χ2v) is 5.03. The van der Waals surface area contributed by atoms with Gasteiger partial charge >= 0.3 is 0 Å². The molecule has 1 saturated heterocycles. The monoisotopic (exact) mass is 218 g/mol. The van der Waals surface area contributed by atoms with Crippen LogP contribution in [0.3, 0.4) is 0 Å². The molecule has 2 aliphatic rings. The zero-order chi connectivity index (χ0) is 11.1. The summed E-state index contributed by atoms with van der Waals surface area (Å²) in [4.78, 5) is 2.49. The van der Waals surface area contributed by atoms with Gasteiger partial charge in [-0.25, -0.2) is 0 Å². The van der Waals surface area contributed by atoms with Crippen molar-refractivity contribution in [3.8, 4) is 5.75 Å². The zero-order valence-corrected chi connectivity index (χ0v) is 9.65. The van der Waals surface area contributed by atoms with E-state index in [0.29, 0.717) is 6.04 Å². The lowest BCUT2D eigenvalue weighted by atomic mass is 9.93. The molecule has 2 unspecified atom stereocenters. The van der Waals surface area contributed by atoms with Crippen LogP contribution in [-0.2, 0) is 0 Å². The van der Waals surface area contributed by atoms with Crippen LogP contribution in [0.4, 0.5) is 11.4 Å². The van der Waals surface area contributed by atoms with Crippen LogP contribution in [0, 0.1) is 5.92 Å². The van der Waals surface area contributed by atoms with Crippen LogP contribution in [0.1, 0.15) is 19.8 Å². The summed E-state index contributed by atoms with van der Waals surface area (Å²) in [6.07, 6.45) is 2.56. The molecule has 0 spiro atoms. The fraction of sp³-hybridized carbons (Fsp3) is 0.538. The molecule has 3 heteroatoms. The molecule has 1 aromatic rings. The fourth-order valence-electron chi connectivity index (χ4n) is 2.75. The van der Waals surface area contributed by atoms with Crippen molar-refractivity contribution in [2.75, 3.05) is 23.8 Å². The fourth-order valence-corrected chi connectivity index (χ4v) is 2.75. The Labute approximate surface area is 96.2 Å². The van der Waals surface area contributed by atoms with Gasteiger partial charge in [0.05, 0.1) is 11.7 Å². The van der Waals surface area contributed by atoms with Gasteiger partial charge in [-0.2, -0.15) is 0 Å². The minimum atomic E-state index is 0.562. The average Bonchev–Trinajstić information content (AvgIpc) is 2.28. The van der Waals surface area contributed by atoms with E-state index in [1.54, 1.807) is 0 Å². The van der Waals surface area contributed by atoms with Gasteiger partial charge in [0, 0.05) is 18.3 Å². The van der Waals surface area contributed by atoms with Gasteiger partial charge in [-0.1, -0.05) is 6.92 Å². The molecule has 0 aliphatic carbocycles. The van der Waals surface area contributed by atoms with Gasteiger partial charge in [-0.05, 0) is 30.9 Å². The molecule has 1 fully saturated rings. The maximum absolute atomic E-state index is 5.79. The predicted octanol–water partition coefficient (Wildman–Crippen LogP) is 2.27. The lowest BCUT2D eigenvalue weighted by molar-refractivity contribution is 0.224. The maximum Gasteiger partial charge on any atom is 0.144 e. The van der Waals surface area contributed by atoms with E-state index >= 15 is 0 Å². The lowest BCUT2D eigenvalue weighted by Gasteiger charge is -2.43. The number of ether oxygens (including phenoxy) is 1. The minimum absolute atomic E-state index is 0.562. The van der Waals surface area contributed by atoms with Gasteiger partial charge in [0.15, 0.2) is 0 Å². The van der Waals surface area contributed by atoms with Gasteiger partial charge in [-0.15, -0.1) is 0 Å². The number of hydrogen-bond acceptors (Lipinski definition) is 3. The zero-order valence-electron chi connectivity index (χ0n) is 9.65. The number of rotatable bonds is 0. The van der Waals surface area contributed by atoms with Crippen molar-refractivity contribution in [1.82, 2.24) is 0 Å². The second-order valence-electron chi connectivity index (χ2n) is 5.03. The standard InChI is InChI=1S/C13H18N2O/c1-9-2-4-11-8-16-13-6-10(14)3-5-12(13)15(11)7-9/h3,5-6,9,11H,2,4,7-8,14H2,1H3. The van der Waals surface area contributed by atoms with Crippen molar-refractivity contribution >= 4 is 11.4 Å².